The van der Waals surface area contributed by atoms with Gasteiger partial charge in [0.05, 0.1) is 5.97 Å². The van der Waals surface area contributed by atoms with Crippen LogP contribution < -0.4 is 29.0 Å². The molecule has 0 bridgehead atoms. The van der Waals surface area contributed by atoms with E-state index in [2.05, 4.69) is 0 Å². The number of carbonyl (C=O) groups is 3. The number of aliphatic hydroxyl groups is 1. The number of carboxylic acids is 3. The zero-order valence-corrected chi connectivity index (χ0v) is 19.3. The van der Waals surface area contributed by atoms with Crippen molar-refractivity contribution in [3.8, 4) is 0 Å². The lowest BCUT2D eigenvalue weighted by Crippen LogP contribution is -2.54. The van der Waals surface area contributed by atoms with Gasteiger partial charge in [0.1, 0.15) is 26.7 Å². The second kappa shape index (κ2) is 16.5. The predicted molar refractivity (Wildman–Crippen MR) is 112 cm³/mol. The topological polar surface area (TPSA) is 152 Å². The van der Waals surface area contributed by atoms with Gasteiger partial charge in [-0.3, -0.25) is 0 Å². The summed E-state index contributed by atoms with van der Waals surface area (Å²) in [6.07, 6.45) is 9.28. The molecule has 34 heavy (non-hydrogen) atoms. The Labute approximate surface area is 198 Å². The van der Waals surface area contributed by atoms with E-state index in [0.29, 0.717) is 0 Å². The summed E-state index contributed by atoms with van der Waals surface area (Å²) in [6, 6.07) is 18.0. The van der Waals surface area contributed by atoms with Gasteiger partial charge in [-0.05, 0) is 0 Å². The fourth-order valence-corrected chi connectivity index (χ4v) is 2.14. The minimum absolute atomic E-state index is 1.36. The minimum atomic E-state index is -2.97. The van der Waals surface area contributed by atoms with E-state index in [1.165, 1.54) is 0 Å². The molecule has 3 aromatic heterocycles. The molecule has 0 aliphatic rings. The van der Waals surface area contributed by atoms with Crippen molar-refractivity contribution in [2.75, 3.05) is 0 Å². The SMILES string of the molecule is C[n+]1ccccc1.C[n+]1ccccc1.C[n+]1ccccc1.O=C([O-])CC(O)(CC(=O)[O-])C(=O)[O-]. The van der Waals surface area contributed by atoms with Gasteiger partial charge in [-0.2, -0.15) is 0 Å². The van der Waals surface area contributed by atoms with Crippen molar-refractivity contribution in [1.82, 2.24) is 0 Å². The molecule has 0 aliphatic heterocycles. The summed E-state index contributed by atoms with van der Waals surface area (Å²) in [6.45, 7) is 0. The lowest BCUT2D eigenvalue weighted by Gasteiger charge is -2.29. The molecule has 0 radical (unpaired) electrons. The van der Waals surface area contributed by atoms with Crippen LogP contribution in [-0.4, -0.2) is 28.6 Å². The number of rotatable bonds is 5. The average Bonchev–Trinajstić information content (AvgIpc) is 2.75. The van der Waals surface area contributed by atoms with Crippen molar-refractivity contribution in [3.63, 3.8) is 0 Å². The molecule has 0 amide bonds. The zero-order chi connectivity index (χ0) is 26.0. The maximum atomic E-state index is 10.1. The summed E-state index contributed by atoms with van der Waals surface area (Å²) < 4.78 is 6.00. The van der Waals surface area contributed by atoms with Gasteiger partial charge in [-0.1, -0.05) is 18.2 Å². The van der Waals surface area contributed by atoms with Crippen molar-refractivity contribution < 1.29 is 48.5 Å². The Hall–Kier alpha value is -4.18. The summed E-state index contributed by atoms with van der Waals surface area (Å²) in [5.41, 5.74) is -2.97. The van der Waals surface area contributed by atoms with E-state index in [1.54, 1.807) is 0 Å². The highest BCUT2D eigenvalue weighted by molar-refractivity contribution is 5.86. The third kappa shape index (κ3) is 15.6. The largest absolute Gasteiger partial charge is 0.550 e. The maximum absolute atomic E-state index is 10.1. The van der Waals surface area contributed by atoms with Gasteiger partial charge >= 0.3 is 0 Å². The van der Waals surface area contributed by atoms with Crippen LogP contribution in [0.4, 0.5) is 0 Å². The number of aryl methyl sites for hydroxylation is 3. The first-order chi connectivity index (χ1) is 16.0. The maximum Gasteiger partial charge on any atom is 0.168 e. The standard InChI is InChI=1S/3C6H8N.C6H8O7/c3*1-7-5-3-2-4-6-7;7-3(8)1-6(13,5(11)12)2-4(9)10/h3*2-6H,1H3;13H,1-2H2,(H,7,8)(H,9,10)(H,11,12)/q3*+1;/p-3. The monoisotopic (exact) mass is 471 g/mol. The fourth-order valence-electron chi connectivity index (χ4n) is 2.14. The molecule has 1 N–H and O–H groups in total. The van der Waals surface area contributed by atoms with Crippen molar-refractivity contribution in [2.45, 2.75) is 18.4 Å². The molecule has 0 spiro atoms. The van der Waals surface area contributed by atoms with E-state index in [4.69, 9.17) is 5.11 Å². The Kier molecular flexibility index (Phi) is 14.4. The van der Waals surface area contributed by atoms with Crippen molar-refractivity contribution in [2.24, 2.45) is 21.1 Å². The summed E-state index contributed by atoms with van der Waals surface area (Å²) in [5.74, 6) is -5.98. The van der Waals surface area contributed by atoms with E-state index in [0.717, 1.165) is 0 Å². The van der Waals surface area contributed by atoms with Crippen LogP contribution >= 0.6 is 0 Å². The summed E-state index contributed by atoms with van der Waals surface area (Å²) in [7, 11) is 6.00. The molecule has 182 valence electrons. The quantitative estimate of drug-likeness (QED) is 0.376. The highest BCUT2D eigenvalue weighted by Gasteiger charge is 2.29. The third-order valence-electron chi connectivity index (χ3n) is 3.85. The smallest absolute Gasteiger partial charge is 0.168 e. The van der Waals surface area contributed by atoms with Crippen LogP contribution in [0.1, 0.15) is 12.8 Å². The minimum Gasteiger partial charge on any atom is -0.550 e. The number of carboxylic acid groups (broad SMARTS) is 3. The summed E-state index contributed by atoms with van der Waals surface area (Å²) in [5, 5.41) is 38.9. The highest BCUT2D eigenvalue weighted by atomic mass is 16.4. The molecule has 0 saturated carbocycles. The van der Waals surface area contributed by atoms with Crippen LogP contribution in [0.2, 0.25) is 0 Å². The average molecular weight is 472 g/mol. The lowest BCUT2D eigenvalue weighted by atomic mass is 9.96. The fraction of sp³-hybridized carbons (Fsp3) is 0.250. The second-order valence-electron chi connectivity index (χ2n) is 7.04. The second-order valence-corrected chi connectivity index (χ2v) is 7.04. The van der Waals surface area contributed by atoms with Gasteiger partial charge in [0.15, 0.2) is 37.2 Å². The summed E-state index contributed by atoms with van der Waals surface area (Å²) in [4.78, 5) is 30.0. The van der Waals surface area contributed by atoms with Gasteiger partial charge in [0, 0.05) is 61.2 Å². The Morgan fingerprint density at radius 2 is 0.824 bits per heavy atom. The lowest BCUT2D eigenvalue weighted by molar-refractivity contribution is -0.671. The molecule has 0 aromatic carbocycles. The Bertz CT molecular complexity index is 880. The van der Waals surface area contributed by atoms with Crippen LogP contribution in [0.25, 0.3) is 0 Å². The molecule has 10 nitrogen and oxygen atoms in total. The Morgan fingerprint density at radius 3 is 0.941 bits per heavy atom. The van der Waals surface area contributed by atoms with E-state index < -0.39 is 36.4 Å². The summed E-state index contributed by atoms with van der Waals surface area (Å²) >= 11 is 0. The van der Waals surface area contributed by atoms with E-state index in [1.807, 2.05) is 127 Å². The van der Waals surface area contributed by atoms with Gasteiger partial charge in [-0.15, -0.1) is 0 Å². The molecular weight excluding hydrogens is 442 g/mol. The number of aliphatic carboxylic acids is 3. The molecule has 0 aliphatic carbocycles. The van der Waals surface area contributed by atoms with E-state index in [-0.39, 0.29) is 0 Å². The number of nitrogens with zero attached hydrogens (tertiary/aromatic N) is 3. The zero-order valence-electron chi connectivity index (χ0n) is 19.3. The Morgan fingerprint density at radius 1 is 0.588 bits per heavy atom. The first-order valence-electron chi connectivity index (χ1n) is 10.0. The predicted octanol–water partition coefficient (Wildman–Crippen LogP) is -3.72. The van der Waals surface area contributed by atoms with Gasteiger partial charge < -0.3 is 34.8 Å². The molecule has 3 heterocycles. The number of carbonyl (C=O) groups excluding carboxylic acids is 3. The van der Waals surface area contributed by atoms with Crippen molar-refractivity contribution in [1.29, 1.82) is 0 Å². The Balaban J connectivity index is 0.000000445. The van der Waals surface area contributed by atoms with Crippen LogP contribution in [0, 0.1) is 0 Å². The van der Waals surface area contributed by atoms with E-state index in [9.17, 15) is 29.7 Å². The number of aromatic nitrogens is 3. The molecule has 10 heteroatoms. The molecule has 3 aromatic rings. The van der Waals surface area contributed by atoms with Gasteiger partial charge in [0.25, 0.3) is 0 Å². The molecule has 0 atom stereocenters. The highest BCUT2D eigenvalue weighted by Crippen LogP contribution is 2.13. The molecule has 0 unspecified atom stereocenters. The first kappa shape index (κ1) is 29.8. The van der Waals surface area contributed by atoms with Crippen LogP contribution in [-0.2, 0) is 35.5 Å². The van der Waals surface area contributed by atoms with Gasteiger partial charge in [-0.25, -0.2) is 13.7 Å². The van der Waals surface area contributed by atoms with Crippen LogP contribution in [0.15, 0.2) is 91.8 Å². The third-order valence-corrected chi connectivity index (χ3v) is 3.85. The molecule has 0 saturated heterocycles. The normalized spacial score (nSPS) is 9.53. The number of pyridine rings is 3. The number of hydrogen-bond acceptors (Lipinski definition) is 7. The van der Waals surface area contributed by atoms with Crippen LogP contribution in [0.5, 0.6) is 0 Å². The van der Waals surface area contributed by atoms with Crippen molar-refractivity contribution in [3.05, 3.63) is 91.8 Å². The molecule has 0 fully saturated rings. The van der Waals surface area contributed by atoms with Crippen molar-refractivity contribution >= 4 is 17.9 Å². The molecule has 3 rings (SSSR count). The van der Waals surface area contributed by atoms with Crippen LogP contribution in [0.3, 0.4) is 0 Å². The molecular formula is C24H29N3O7. The first-order valence-corrected chi connectivity index (χ1v) is 10.0. The number of hydrogen-bond donors (Lipinski definition) is 1. The van der Waals surface area contributed by atoms with E-state index >= 15 is 0 Å². The van der Waals surface area contributed by atoms with Gasteiger partial charge in [0.2, 0.25) is 0 Å².